The summed E-state index contributed by atoms with van der Waals surface area (Å²) in [6.07, 6.45) is 0. The highest BCUT2D eigenvalue weighted by atomic mass is 35.5. The lowest BCUT2D eigenvalue weighted by Gasteiger charge is -2.18. The number of sulfonamides is 1. The predicted octanol–water partition coefficient (Wildman–Crippen LogP) is 4.13. The Morgan fingerprint density at radius 2 is 1.63 bits per heavy atom. The molecule has 0 bridgehead atoms. The normalized spacial score (nSPS) is 11.4. The van der Waals surface area contributed by atoms with Crippen molar-refractivity contribution in [2.45, 2.75) is 25.7 Å². The lowest BCUT2D eigenvalue weighted by atomic mass is 10.2. The summed E-state index contributed by atoms with van der Waals surface area (Å²) in [5, 5.41) is 3.07. The summed E-state index contributed by atoms with van der Waals surface area (Å²) in [5.41, 5.74) is 1.09. The second-order valence-corrected chi connectivity index (χ2v) is 9.01. The molecule has 0 saturated carbocycles. The summed E-state index contributed by atoms with van der Waals surface area (Å²) in [6, 6.07) is 8.64. The van der Waals surface area contributed by atoms with E-state index in [1.807, 2.05) is 0 Å². The molecule has 0 spiro atoms. The standard InChI is InChI=1S/C20H22Cl2N2O5S/c1-4-24(5-2)30(27,28)15-9-7-14(8-10-15)20(26)29-12-17(25)23-19-16(21)11-6-13(3)18(19)22/h6-11H,4-5,12H2,1-3H3,(H,23,25). The summed E-state index contributed by atoms with van der Waals surface area (Å²) in [6.45, 7) is 5.38. The van der Waals surface area contributed by atoms with Gasteiger partial charge in [-0.3, -0.25) is 4.79 Å². The van der Waals surface area contributed by atoms with Crippen LogP contribution in [0, 0.1) is 6.92 Å². The number of carbonyl (C=O) groups excluding carboxylic acids is 2. The van der Waals surface area contributed by atoms with Gasteiger partial charge in [-0.05, 0) is 42.8 Å². The molecule has 0 saturated heterocycles. The Morgan fingerprint density at radius 3 is 2.20 bits per heavy atom. The van der Waals surface area contributed by atoms with Crippen LogP contribution in [0.4, 0.5) is 5.69 Å². The third-order valence-corrected chi connectivity index (χ3v) is 7.18. The summed E-state index contributed by atoms with van der Waals surface area (Å²) < 4.78 is 31.3. The Morgan fingerprint density at radius 1 is 1.03 bits per heavy atom. The Bertz CT molecular complexity index is 1040. The van der Waals surface area contributed by atoms with Gasteiger partial charge in [0.1, 0.15) is 0 Å². The Hall–Kier alpha value is -2.13. The number of benzene rings is 2. The largest absolute Gasteiger partial charge is 0.452 e. The minimum absolute atomic E-state index is 0.0734. The van der Waals surface area contributed by atoms with Crippen LogP contribution in [0.15, 0.2) is 41.3 Å². The van der Waals surface area contributed by atoms with Crippen molar-refractivity contribution in [1.82, 2.24) is 4.31 Å². The van der Waals surface area contributed by atoms with Gasteiger partial charge < -0.3 is 10.1 Å². The molecule has 0 aliphatic carbocycles. The number of esters is 1. The van der Waals surface area contributed by atoms with Crippen molar-refractivity contribution in [2.75, 3.05) is 25.0 Å². The molecule has 162 valence electrons. The van der Waals surface area contributed by atoms with E-state index >= 15 is 0 Å². The molecule has 30 heavy (non-hydrogen) atoms. The predicted molar refractivity (Wildman–Crippen MR) is 117 cm³/mol. The number of hydrogen-bond donors (Lipinski definition) is 1. The van der Waals surface area contributed by atoms with Crippen LogP contribution in [0.1, 0.15) is 29.8 Å². The fourth-order valence-corrected chi connectivity index (χ4v) is 4.56. The van der Waals surface area contributed by atoms with E-state index in [-0.39, 0.29) is 21.2 Å². The van der Waals surface area contributed by atoms with Gasteiger partial charge in [-0.25, -0.2) is 13.2 Å². The first-order chi connectivity index (χ1) is 14.1. The summed E-state index contributed by atoms with van der Waals surface area (Å²) in [5.74, 6) is -1.38. The number of nitrogens with one attached hydrogen (secondary N) is 1. The highest BCUT2D eigenvalue weighted by Crippen LogP contribution is 2.32. The molecule has 0 aromatic heterocycles. The summed E-state index contributed by atoms with van der Waals surface area (Å²) in [4.78, 5) is 24.4. The third-order valence-electron chi connectivity index (χ3n) is 4.32. The average molecular weight is 473 g/mol. The van der Waals surface area contributed by atoms with E-state index in [2.05, 4.69) is 5.32 Å². The van der Waals surface area contributed by atoms with Crippen LogP contribution in [-0.2, 0) is 19.6 Å². The van der Waals surface area contributed by atoms with Gasteiger partial charge in [-0.1, -0.05) is 43.1 Å². The first-order valence-electron chi connectivity index (χ1n) is 9.13. The zero-order chi connectivity index (χ0) is 22.5. The minimum Gasteiger partial charge on any atom is -0.452 e. The van der Waals surface area contributed by atoms with Gasteiger partial charge in [0.2, 0.25) is 10.0 Å². The Kier molecular flexibility index (Phi) is 8.25. The van der Waals surface area contributed by atoms with Crippen LogP contribution in [0.2, 0.25) is 10.0 Å². The highest BCUT2D eigenvalue weighted by molar-refractivity contribution is 7.89. The number of nitrogens with zero attached hydrogens (tertiary/aromatic N) is 1. The van der Waals surface area contributed by atoms with Gasteiger partial charge in [0.05, 0.1) is 26.2 Å². The maximum Gasteiger partial charge on any atom is 0.338 e. The molecule has 1 amide bonds. The lowest BCUT2D eigenvalue weighted by molar-refractivity contribution is -0.119. The van der Waals surface area contributed by atoms with E-state index in [0.29, 0.717) is 18.1 Å². The third kappa shape index (κ3) is 5.51. The quantitative estimate of drug-likeness (QED) is 0.582. The maximum absolute atomic E-state index is 12.5. The molecule has 2 aromatic rings. The van der Waals surface area contributed by atoms with Crippen LogP contribution in [-0.4, -0.2) is 44.3 Å². The molecule has 0 fully saturated rings. The van der Waals surface area contributed by atoms with Gasteiger partial charge in [0.15, 0.2) is 6.61 Å². The van der Waals surface area contributed by atoms with Crippen LogP contribution < -0.4 is 5.32 Å². The number of halogens is 2. The van der Waals surface area contributed by atoms with Crippen molar-refractivity contribution < 1.29 is 22.7 Å². The molecular weight excluding hydrogens is 451 g/mol. The molecule has 7 nitrogen and oxygen atoms in total. The minimum atomic E-state index is -3.62. The number of aryl methyl sites for hydroxylation is 1. The van der Waals surface area contributed by atoms with E-state index in [1.165, 1.54) is 28.6 Å². The number of amides is 1. The van der Waals surface area contributed by atoms with E-state index in [9.17, 15) is 18.0 Å². The lowest BCUT2D eigenvalue weighted by Crippen LogP contribution is -2.30. The molecular formula is C20H22Cl2N2O5S. The molecule has 0 unspecified atom stereocenters. The second kappa shape index (κ2) is 10.3. The van der Waals surface area contributed by atoms with Crippen molar-refractivity contribution in [1.29, 1.82) is 0 Å². The van der Waals surface area contributed by atoms with Crippen molar-refractivity contribution in [3.63, 3.8) is 0 Å². The van der Waals surface area contributed by atoms with Gasteiger partial charge in [0.25, 0.3) is 5.91 Å². The first kappa shape index (κ1) is 24.1. The van der Waals surface area contributed by atoms with E-state index in [4.69, 9.17) is 27.9 Å². The monoisotopic (exact) mass is 472 g/mol. The zero-order valence-corrected chi connectivity index (χ0v) is 19.1. The number of hydrogen-bond acceptors (Lipinski definition) is 5. The second-order valence-electron chi connectivity index (χ2n) is 6.29. The number of ether oxygens (including phenoxy) is 1. The van der Waals surface area contributed by atoms with Crippen molar-refractivity contribution >= 4 is 50.8 Å². The molecule has 0 aliphatic heterocycles. The van der Waals surface area contributed by atoms with Crippen molar-refractivity contribution in [3.05, 3.63) is 57.6 Å². The highest BCUT2D eigenvalue weighted by Gasteiger charge is 2.22. The molecule has 0 heterocycles. The molecule has 0 radical (unpaired) electrons. The van der Waals surface area contributed by atoms with Gasteiger partial charge in [-0.15, -0.1) is 0 Å². The van der Waals surface area contributed by atoms with Crippen LogP contribution in [0.3, 0.4) is 0 Å². The van der Waals surface area contributed by atoms with Crippen LogP contribution in [0.5, 0.6) is 0 Å². The number of carbonyl (C=O) groups is 2. The molecule has 1 N–H and O–H groups in total. The van der Waals surface area contributed by atoms with Crippen molar-refractivity contribution in [3.8, 4) is 0 Å². The molecule has 0 aliphatic rings. The molecule has 0 atom stereocenters. The number of rotatable bonds is 8. The van der Waals surface area contributed by atoms with Gasteiger partial charge >= 0.3 is 5.97 Å². The van der Waals surface area contributed by atoms with E-state index < -0.39 is 28.5 Å². The van der Waals surface area contributed by atoms with Crippen LogP contribution in [0.25, 0.3) is 0 Å². The smallest absolute Gasteiger partial charge is 0.338 e. The van der Waals surface area contributed by atoms with Crippen molar-refractivity contribution in [2.24, 2.45) is 0 Å². The van der Waals surface area contributed by atoms with E-state index in [1.54, 1.807) is 32.9 Å². The fraction of sp³-hybridized carbons (Fsp3) is 0.300. The number of anilines is 1. The Labute approximate surface area is 186 Å². The summed E-state index contributed by atoms with van der Waals surface area (Å²) in [7, 11) is -3.62. The van der Waals surface area contributed by atoms with Gasteiger partial charge in [0, 0.05) is 13.1 Å². The topological polar surface area (TPSA) is 92.8 Å². The molecule has 2 rings (SSSR count). The SMILES string of the molecule is CCN(CC)S(=O)(=O)c1ccc(C(=O)OCC(=O)Nc2c(Cl)ccc(C)c2Cl)cc1. The van der Waals surface area contributed by atoms with E-state index in [0.717, 1.165) is 5.56 Å². The molecule has 2 aromatic carbocycles. The van der Waals surface area contributed by atoms with Gasteiger partial charge in [-0.2, -0.15) is 4.31 Å². The fourth-order valence-electron chi connectivity index (χ4n) is 2.64. The summed E-state index contributed by atoms with van der Waals surface area (Å²) >= 11 is 12.2. The zero-order valence-electron chi connectivity index (χ0n) is 16.7. The molecule has 10 heteroatoms. The maximum atomic E-state index is 12.5. The first-order valence-corrected chi connectivity index (χ1v) is 11.3. The average Bonchev–Trinajstić information content (AvgIpc) is 2.73. The van der Waals surface area contributed by atoms with Crippen LogP contribution >= 0.6 is 23.2 Å². The Balaban J connectivity index is 2.02.